The van der Waals surface area contributed by atoms with E-state index in [0.29, 0.717) is 0 Å². The lowest BCUT2D eigenvalue weighted by molar-refractivity contribution is 0.357. The maximum absolute atomic E-state index is 13.5. The van der Waals surface area contributed by atoms with Gasteiger partial charge in [-0.1, -0.05) is 0 Å². The predicted molar refractivity (Wildman–Crippen MR) is 77.6 cm³/mol. The molecule has 1 heterocycles. The average molecular weight is 336 g/mol. The van der Waals surface area contributed by atoms with Gasteiger partial charge < -0.3 is 5.73 Å². The number of hydrogen-bond donors (Lipinski definition) is 1. The molecule has 1 saturated heterocycles. The van der Waals surface area contributed by atoms with Crippen LogP contribution in [-0.2, 0) is 19.9 Å². The first-order valence-corrected chi connectivity index (χ1v) is 9.58. The molecule has 118 valence electrons. The first-order chi connectivity index (χ1) is 9.54. The molecule has 9 heteroatoms. The third kappa shape index (κ3) is 3.04. The van der Waals surface area contributed by atoms with Crippen molar-refractivity contribution in [2.75, 3.05) is 23.8 Å². The lowest BCUT2D eigenvalue weighted by Gasteiger charge is -2.32. The molecule has 0 saturated carbocycles. The van der Waals surface area contributed by atoms with E-state index in [1.165, 1.54) is 19.9 Å². The summed E-state index contributed by atoms with van der Waals surface area (Å²) in [5, 5.41) is 0. The summed E-state index contributed by atoms with van der Waals surface area (Å²) < 4.78 is 62.9. The first-order valence-electron chi connectivity index (χ1n) is 6.32. The number of anilines is 1. The van der Waals surface area contributed by atoms with Gasteiger partial charge in [0.2, 0.25) is 10.0 Å². The van der Waals surface area contributed by atoms with Crippen LogP contribution in [0.3, 0.4) is 0 Å². The summed E-state index contributed by atoms with van der Waals surface area (Å²) in [6.45, 7) is 2.85. The number of hydrogen-bond acceptors (Lipinski definition) is 5. The Kier molecular flexibility index (Phi) is 4.02. The van der Waals surface area contributed by atoms with Crippen LogP contribution in [0, 0.1) is 12.7 Å². The van der Waals surface area contributed by atoms with Crippen molar-refractivity contribution in [2.45, 2.75) is 24.8 Å². The minimum Gasteiger partial charge on any atom is -0.396 e. The van der Waals surface area contributed by atoms with Crippen LogP contribution < -0.4 is 5.73 Å². The zero-order valence-electron chi connectivity index (χ0n) is 11.7. The molecule has 1 aliphatic rings. The zero-order valence-corrected chi connectivity index (χ0v) is 13.3. The minimum atomic E-state index is -3.90. The summed E-state index contributed by atoms with van der Waals surface area (Å²) in [6, 6.07) is 1.60. The topological polar surface area (TPSA) is 97.5 Å². The second-order valence-corrected chi connectivity index (χ2v) is 9.34. The standard InChI is InChI=1S/C12H17FN2O4S2/c1-8-5-10(6-11(14)12(8)13)21(18,19)15-3-4-20(16,17)7-9(15)2/h5-6,9H,3-4,7,14H2,1-2H3. The molecule has 0 bridgehead atoms. The number of nitrogens with two attached hydrogens (primary N) is 1. The van der Waals surface area contributed by atoms with Crippen molar-refractivity contribution >= 4 is 25.5 Å². The van der Waals surface area contributed by atoms with E-state index in [-0.39, 0.29) is 34.2 Å². The number of sulfone groups is 1. The smallest absolute Gasteiger partial charge is 0.243 e. The lowest BCUT2D eigenvalue weighted by atomic mass is 10.2. The largest absolute Gasteiger partial charge is 0.396 e. The fourth-order valence-electron chi connectivity index (χ4n) is 2.39. The fraction of sp³-hybridized carbons (Fsp3) is 0.500. The van der Waals surface area contributed by atoms with Crippen molar-refractivity contribution in [2.24, 2.45) is 0 Å². The summed E-state index contributed by atoms with van der Waals surface area (Å²) in [7, 11) is -7.12. The highest BCUT2D eigenvalue weighted by Gasteiger charge is 2.36. The van der Waals surface area contributed by atoms with E-state index in [0.717, 1.165) is 10.4 Å². The molecule has 6 nitrogen and oxygen atoms in total. The van der Waals surface area contributed by atoms with Crippen molar-refractivity contribution < 1.29 is 21.2 Å². The SMILES string of the molecule is Cc1cc(S(=O)(=O)N2CCS(=O)(=O)CC2C)cc(N)c1F. The number of benzene rings is 1. The van der Waals surface area contributed by atoms with Gasteiger partial charge >= 0.3 is 0 Å². The van der Waals surface area contributed by atoms with E-state index >= 15 is 0 Å². The maximum Gasteiger partial charge on any atom is 0.243 e. The molecule has 1 atom stereocenters. The van der Waals surface area contributed by atoms with Gasteiger partial charge in [0.15, 0.2) is 9.84 Å². The molecule has 2 rings (SSSR count). The monoisotopic (exact) mass is 336 g/mol. The Labute approximate surface area is 123 Å². The maximum atomic E-state index is 13.5. The van der Waals surface area contributed by atoms with Crippen LogP contribution >= 0.6 is 0 Å². The lowest BCUT2D eigenvalue weighted by Crippen LogP contribution is -2.49. The highest BCUT2D eigenvalue weighted by molar-refractivity contribution is 7.92. The first kappa shape index (κ1) is 16.2. The molecule has 21 heavy (non-hydrogen) atoms. The van der Waals surface area contributed by atoms with Crippen molar-refractivity contribution in [3.05, 3.63) is 23.5 Å². The molecule has 1 fully saturated rings. The van der Waals surface area contributed by atoms with E-state index in [2.05, 4.69) is 0 Å². The number of sulfonamides is 1. The van der Waals surface area contributed by atoms with Gasteiger partial charge in [0.1, 0.15) is 5.82 Å². The molecule has 1 unspecified atom stereocenters. The average Bonchev–Trinajstić information content (AvgIpc) is 2.33. The van der Waals surface area contributed by atoms with Gasteiger partial charge in [-0.2, -0.15) is 4.31 Å². The quantitative estimate of drug-likeness (QED) is 0.794. The predicted octanol–water partition coefficient (Wildman–Crippen LogP) is 0.524. The fourth-order valence-corrected chi connectivity index (χ4v) is 5.91. The second-order valence-electron chi connectivity index (χ2n) is 5.22. The van der Waals surface area contributed by atoms with Crippen LogP contribution in [0.1, 0.15) is 12.5 Å². The van der Waals surface area contributed by atoms with E-state index < -0.39 is 31.7 Å². The van der Waals surface area contributed by atoms with Crippen LogP contribution in [0.15, 0.2) is 17.0 Å². The van der Waals surface area contributed by atoms with Crippen LogP contribution in [0.5, 0.6) is 0 Å². The highest BCUT2D eigenvalue weighted by atomic mass is 32.2. The Balaban J connectivity index is 2.44. The van der Waals surface area contributed by atoms with Crippen LogP contribution in [0.25, 0.3) is 0 Å². The Bertz CT molecular complexity index is 751. The van der Waals surface area contributed by atoms with Crippen molar-refractivity contribution in [1.82, 2.24) is 4.31 Å². The summed E-state index contributed by atoms with van der Waals surface area (Å²) >= 11 is 0. The van der Waals surface area contributed by atoms with Crippen LogP contribution in [-0.4, -0.2) is 45.2 Å². The second kappa shape index (κ2) is 5.22. The van der Waals surface area contributed by atoms with Gasteiger partial charge in [0.05, 0.1) is 22.1 Å². The molecule has 1 aliphatic heterocycles. The Morgan fingerprint density at radius 3 is 2.52 bits per heavy atom. The molecule has 0 amide bonds. The third-order valence-electron chi connectivity index (χ3n) is 3.47. The summed E-state index contributed by atoms with van der Waals surface area (Å²) in [5.41, 5.74) is 5.36. The van der Waals surface area contributed by atoms with Crippen molar-refractivity contribution in [1.29, 1.82) is 0 Å². The van der Waals surface area contributed by atoms with Gasteiger partial charge in [-0.25, -0.2) is 21.2 Å². The normalized spacial score (nSPS) is 23.1. The molecule has 0 spiro atoms. The van der Waals surface area contributed by atoms with Gasteiger partial charge in [-0.05, 0) is 31.5 Å². The third-order valence-corrected chi connectivity index (χ3v) is 7.26. The van der Waals surface area contributed by atoms with E-state index in [4.69, 9.17) is 5.73 Å². The van der Waals surface area contributed by atoms with E-state index in [1.807, 2.05) is 0 Å². The van der Waals surface area contributed by atoms with Gasteiger partial charge in [-0.15, -0.1) is 0 Å². The molecule has 0 radical (unpaired) electrons. The highest BCUT2D eigenvalue weighted by Crippen LogP contribution is 2.26. The number of halogens is 1. The van der Waals surface area contributed by atoms with Crippen molar-refractivity contribution in [3.8, 4) is 0 Å². The van der Waals surface area contributed by atoms with Gasteiger partial charge in [0.25, 0.3) is 0 Å². The number of nitrogens with zero attached hydrogens (tertiary/aromatic N) is 1. The molecular weight excluding hydrogens is 319 g/mol. The van der Waals surface area contributed by atoms with E-state index in [1.54, 1.807) is 0 Å². The Hall–Kier alpha value is -1.19. The molecule has 0 aliphatic carbocycles. The van der Waals surface area contributed by atoms with Crippen molar-refractivity contribution in [3.63, 3.8) is 0 Å². The number of aryl methyl sites for hydroxylation is 1. The summed E-state index contributed by atoms with van der Waals surface area (Å²) in [6.07, 6.45) is 0. The minimum absolute atomic E-state index is 0.109. The molecule has 1 aromatic carbocycles. The zero-order chi connectivity index (χ0) is 16.0. The van der Waals surface area contributed by atoms with Gasteiger partial charge in [0, 0.05) is 12.6 Å². The van der Waals surface area contributed by atoms with Crippen LogP contribution in [0.4, 0.5) is 10.1 Å². The number of rotatable bonds is 2. The van der Waals surface area contributed by atoms with E-state index in [9.17, 15) is 21.2 Å². The summed E-state index contributed by atoms with van der Waals surface area (Å²) in [4.78, 5) is -0.120. The number of nitrogen functional groups attached to an aromatic ring is 1. The molecule has 2 N–H and O–H groups in total. The van der Waals surface area contributed by atoms with Gasteiger partial charge in [-0.3, -0.25) is 0 Å². The molecule has 0 aromatic heterocycles. The Morgan fingerprint density at radius 2 is 2.00 bits per heavy atom. The molecular formula is C12H17FN2O4S2. The van der Waals surface area contributed by atoms with Crippen LogP contribution in [0.2, 0.25) is 0 Å². The summed E-state index contributed by atoms with van der Waals surface area (Å²) in [5.74, 6) is -1.09. The Morgan fingerprint density at radius 1 is 1.38 bits per heavy atom. The molecule has 1 aromatic rings.